The highest BCUT2D eigenvalue weighted by Crippen LogP contribution is 2.16. The first kappa shape index (κ1) is 7.29. The van der Waals surface area contributed by atoms with E-state index in [0.29, 0.717) is 0 Å². The minimum Gasteiger partial charge on any atom is -0.246 e. The zero-order valence-electron chi connectivity index (χ0n) is 7.26. The van der Waals surface area contributed by atoms with Gasteiger partial charge in [-0.15, -0.1) is 0 Å². The minimum atomic E-state index is 1.03. The lowest BCUT2D eigenvalue weighted by Crippen LogP contribution is -1.83. The van der Waals surface area contributed by atoms with Crippen LogP contribution in [0.1, 0.15) is 11.1 Å². The summed E-state index contributed by atoms with van der Waals surface area (Å²) >= 11 is 0. The van der Waals surface area contributed by atoms with Gasteiger partial charge in [-0.25, -0.2) is 4.98 Å². The molecule has 0 atom stereocenters. The number of pyridine rings is 1. The third-order valence-corrected chi connectivity index (χ3v) is 2.04. The smallest absolute Gasteiger partial charge is 0.0896 e. The molecule has 2 aromatic rings. The molecule has 0 fully saturated rings. The average Bonchev–Trinajstić information content (AvgIpc) is 2.07. The Morgan fingerprint density at radius 1 is 1.25 bits per heavy atom. The summed E-state index contributed by atoms with van der Waals surface area (Å²) in [7, 11) is 0. The second kappa shape index (κ2) is 2.59. The molecule has 59 valence electrons. The largest absolute Gasteiger partial charge is 0.246 e. The van der Waals surface area contributed by atoms with Crippen LogP contribution in [0.5, 0.6) is 0 Å². The molecular formula is C11H10N. The van der Waals surface area contributed by atoms with Gasteiger partial charge in [-0.3, -0.25) is 0 Å². The molecule has 0 amide bonds. The SMILES string of the molecule is Cc1ccc2n[c]cc(C)c2c1. The van der Waals surface area contributed by atoms with Crippen LogP contribution in [0.2, 0.25) is 0 Å². The van der Waals surface area contributed by atoms with E-state index in [1.54, 1.807) is 0 Å². The topological polar surface area (TPSA) is 12.9 Å². The molecule has 12 heavy (non-hydrogen) atoms. The first-order chi connectivity index (χ1) is 5.77. The standard InChI is InChI=1S/C11H10N/c1-8-3-4-11-10(7-8)9(2)5-6-12-11/h3-5,7H,1-2H3. The molecule has 0 bridgehead atoms. The maximum Gasteiger partial charge on any atom is 0.0896 e. The maximum atomic E-state index is 4.16. The van der Waals surface area contributed by atoms with Gasteiger partial charge in [0.25, 0.3) is 0 Å². The van der Waals surface area contributed by atoms with Crippen LogP contribution in [0.3, 0.4) is 0 Å². The number of aryl methyl sites for hydroxylation is 2. The monoisotopic (exact) mass is 156 g/mol. The lowest BCUT2D eigenvalue weighted by molar-refractivity contribution is 1.34. The van der Waals surface area contributed by atoms with E-state index in [2.05, 4.69) is 37.2 Å². The van der Waals surface area contributed by atoms with Crippen molar-refractivity contribution in [3.63, 3.8) is 0 Å². The van der Waals surface area contributed by atoms with Gasteiger partial charge in [0.1, 0.15) is 0 Å². The molecule has 0 aliphatic rings. The highest BCUT2D eigenvalue weighted by Gasteiger charge is 1.96. The van der Waals surface area contributed by atoms with Crippen LogP contribution in [0.15, 0.2) is 24.3 Å². The Bertz CT molecular complexity index is 418. The molecule has 1 nitrogen and oxygen atoms in total. The van der Waals surface area contributed by atoms with Gasteiger partial charge in [0.05, 0.1) is 11.7 Å². The molecule has 2 rings (SSSR count). The fourth-order valence-electron chi connectivity index (χ4n) is 1.34. The number of nitrogens with zero attached hydrogens (tertiary/aromatic N) is 1. The van der Waals surface area contributed by atoms with Gasteiger partial charge >= 0.3 is 0 Å². The Kier molecular flexibility index (Phi) is 1.58. The molecule has 0 N–H and O–H groups in total. The van der Waals surface area contributed by atoms with Gasteiger partial charge in [0.2, 0.25) is 0 Å². The molecule has 0 saturated carbocycles. The van der Waals surface area contributed by atoms with E-state index in [0.717, 1.165) is 5.52 Å². The van der Waals surface area contributed by atoms with Gasteiger partial charge in [0, 0.05) is 5.39 Å². The van der Waals surface area contributed by atoms with Gasteiger partial charge < -0.3 is 0 Å². The van der Waals surface area contributed by atoms with E-state index in [-0.39, 0.29) is 0 Å². The Morgan fingerprint density at radius 2 is 2.08 bits per heavy atom. The maximum absolute atomic E-state index is 4.16. The van der Waals surface area contributed by atoms with Crippen molar-refractivity contribution in [3.05, 3.63) is 41.6 Å². The van der Waals surface area contributed by atoms with Gasteiger partial charge in [-0.05, 0) is 37.6 Å². The lowest BCUT2D eigenvalue weighted by atomic mass is 10.1. The normalized spacial score (nSPS) is 10.5. The van der Waals surface area contributed by atoms with E-state index >= 15 is 0 Å². The predicted molar refractivity (Wildman–Crippen MR) is 50.1 cm³/mol. The van der Waals surface area contributed by atoms with Gasteiger partial charge in [0.15, 0.2) is 0 Å². The van der Waals surface area contributed by atoms with Crippen LogP contribution < -0.4 is 0 Å². The van der Waals surface area contributed by atoms with Crippen molar-refractivity contribution in [1.82, 2.24) is 4.98 Å². The van der Waals surface area contributed by atoms with Crippen LogP contribution in [-0.2, 0) is 0 Å². The average molecular weight is 156 g/mol. The first-order valence-corrected chi connectivity index (χ1v) is 4.01. The molecule has 0 saturated heterocycles. The fraction of sp³-hybridized carbons (Fsp3) is 0.182. The number of fused-ring (bicyclic) bond motifs is 1. The minimum absolute atomic E-state index is 1.03. The number of benzene rings is 1. The quantitative estimate of drug-likeness (QED) is 0.571. The lowest BCUT2D eigenvalue weighted by Gasteiger charge is -2.00. The summed E-state index contributed by atoms with van der Waals surface area (Å²) in [6.45, 7) is 4.18. The summed E-state index contributed by atoms with van der Waals surface area (Å²) in [5.74, 6) is 0. The molecule has 1 aromatic heterocycles. The highest BCUT2D eigenvalue weighted by molar-refractivity contribution is 5.82. The van der Waals surface area contributed by atoms with Crippen molar-refractivity contribution < 1.29 is 0 Å². The van der Waals surface area contributed by atoms with Crippen LogP contribution in [0, 0.1) is 20.0 Å². The van der Waals surface area contributed by atoms with E-state index in [9.17, 15) is 0 Å². The Labute approximate surface area is 72.1 Å². The third kappa shape index (κ3) is 1.07. The number of rotatable bonds is 0. The molecule has 1 radical (unpaired) electrons. The summed E-state index contributed by atoms with van der Waals surface area (Å²) in [4.78, 5) is 4.16. The van der Waals surface area contributed by atoms with Crippen molar-refractivity contribution in [3.8, 4) is 0 Å². The first-order valence-electron chi connectivity index (χ1n) is 4.01. The molecule has 0 aliphatic heterocycles. The summed E-state index contributed by atoms with van der Waals surface area (Å²) in [6, 6.07) is 8.18. The molecule has 1 aromatic carbocycles. The predicted octanol–water partition coefficient (Wildman–Crippen LogP) is 2.65. The van der Waals surface area contributed by atoms with Crippen LogP contribution >= 0.6 is 0 Å². The van der Waals surface area contributed by atoms with Crippen molar-refractivity contribution >= 4 is 10.9 Å². The van der Waals surface area contributed by atoms with Crippen molar-refractivity contribution in [2.75, 3.05) is 0 Å². The van der Waals surface area contributed by atoms with E-state index < -0.39 is 0 Å². The van der Waals surface area contributed by atoms with Gasteiger partial charge in [-0.2, -0.15) is 0 Å². The number of aromatic nitrogens is 1. The van der Waals surface area contributed by atoms with Gasteiger partial charge in [-0.1, -0.05) is 11.6 Å². The Balaban J connectivity index is 2.88. The third-order valence-electron chi connectivity index (χ3n) is 2.04. The second-order valence-electron chi connectivity index (χ2n) is 3.09. The second-order valence-corrected chi connectivity index (χ2v) is 3.09. The van der Waals surface area contributed by atoms with E-state index in [1.807, 2.05) is 12.1 Å². The van der Waals surface area contributed by atoms with Crippen LogP contribution in [0.25, 0.3) is 10.9 Å². The van der Waals surface area contributed by atoms with Crippen molar-refractivity contribution in [2.45, 2.75) is 13.8 Å². The van der Waals surface area contributed by atoms with E-state index in [1.165, 1.54) is 16.5 Å². The number of hydrogen-bond acceptors (Lipinski definition) is 1. The zero-order chi connectivity index (χ0) is 8.55. The molecule has 0 spiro atoms. The van der Waals surface area contributed by atoms with Crippen molar-refractivity contribution in [1.29, 1.82) is 0 Å². The summed E-state index contributed by atoms with van der Waals surface area (Å²) in [5.41, 5.74) is 3.54. The summed E-state index contributed by atoms with van der Waals surface area (Å²) < 4.78 is 0. The molecule has 1 heterocycles. The van der Waals surface area contributed by atoms with Crippen LogP contribution in [-0.4, -0.2) is 4.98 Å². The Morgan fingerprint density at radius 3 is 2.92 bits per heavy atom. The van der Waals surface area contributed by atoms with E-state index in [4.69, 9.17) is 0 Å². The van der Waals surface area contributed by atoms with Crippen molar-refractivity contribution in [2.24, 2.45) is 0 Å². The Hall–Kier alpha value is -1.37. The molecule has 0 aliphatic carbocycles. The summed E-state index contributed by atoms with van der Waals surface area (Å²) in [6.07, 6.45) is 2.87. The summed E-state index contributed by atoms with van der Waals surface area (Å²) in [5, 5.41) is 1.23. The van der Waals surface area contributed by atoms with Crippen LogP contribution in [0.4, 0.5) is 0 Å². The molecule has 1 heteroatoms. The molecular weight excluding hydrogens is 146 g/mol. The fourth-order valence-corrected chi connectivity index (χ4v) is 1.34. The highest BCUT2D eigenvalue weighted by atomic mass is 14.6. The number of hydrogen-bond donors (Lipinski definition) is 0. The zero-order valence-corrected chi connectivity index (χ0v) is 7.26. The molecule has 0 unspecified atom stereocenters.